The van der Waals surface area contributed by atoms with Gasteiger partial charge in [-0.15, -0.1) is 0 Å². The second-order valence-electron chi connectivity index (χ2n) is 7.04. The average Bonchev–Trinajstić information content (AvgIpc) is 3.02. The van der Waals surface area contributed by atoms with Gasteiger partial charge in [-0.3, -0.25) is 4.79 Å². The maximum Gasteiger partial charge on any atom is 0.221 e. The zero-order valence-corrected chi connectivity index (χ0v) is 13.9. The fraction of sp³-hybridized carbons (Fsp3) is 0.941. The van der Waals surface area contributed by atoms with Crippen molar-refractivity contribution in [3.63, 3.8) is 0 Å². The normalized spacial score (nSPS) is 22.6. The van der Waals surface area contributed by atoms with Crippen molar-refractivity contribution in [3.8, 4) is 0 Å². The Bertz CT molecular complexity index is 320. The molecule has 122 valence electrons. The third-order valence-corrected chi connectivity index (χ3v) is 5.57. The van der Waals surface area contributed by atoms with Gasteiger partial charge in [0.25, 0.3) is 0 Å². The van der Waals surface area contributed by atoms with Crippen molar-refractivity contribution in [2.45, 2.75) is 75.8 Å². The van der Waals surface area contributed by atoms with Crippen LogP contribution in [0.4, 0.5) is 0 Å². The van der Waals surface area contributed by atoms with Crippen LogP contribution in [0.3, 0.4) is 0 Å². The standard InChI is InChI=1S/C17H33N3O/c1-18-17(10-6-3-7-11-17)14-16(21)19-12-13-20(2)15-8-4-5-9-15/h15,18H,3-14H2,1-2H3,(H,19,21). The molecule has 0 radical (unpaired) electrons. The molecule has 0 heterocycles. The fourth-order valence-electron chi connectivity index (χ4n) is 4.01. The van der Waals surface area contributed by atoms with Gasteiger partial charge in [-0.05, 0) is 39.8 Å². The number of hydrogen-bond donors (Lipinski definition) is 2. The second kappa shape index (κ2) is 8.14. The molecule has 1 amide bonds. The molecule has 0 saturated heterocycles. The molecule has 4 heteroatoms. The lowest BCUT2D eigenvalue weighted by Gasteiger charge is -2.36. The molecule has 0 aromatic carbocycles. The van der Waals surface area contributed by atoms with Gasteiger partial charge < -0.3 is 15.5 Å². The summed E-state index contributed by atoms with van der Waals surface area (Å²) in [5.74, 6) is 0.214. The molecule has 0 aliphatic heterocycles. The van der Waals surface area contributed by atoms with E-state index in [4.69, 9.17) is 0 Å². The Morgan fingerprint density at radius 1 is 1.14 bits per heavy atom. The molecule has 2 aliphatic carbocycles. The Kier molecular flexibility index (Phi) is 6.49. The lowest BCUT2D eigenvalue weighted by Crippen LogP contribution is -2.49. The average molecular weight is 295 g/mol. The number of rotatable bonds is 7. The molecule has 0 spiro atoms. The van der Waals surface area contributed by atoms with Gasteiger partial charge in [-0.1, -0.05) is 32.1 Å². The smallest absolute Gasteiger partial charge is 0.221 e. The van der Waals surface area contributed by atoms with E-state index in [-0.39, 0.29) is 11.4 Å². The van der Waals surface area contributed by atoms with E-state index in [0.29, 0.717) is 6.42 Å². The summed E-state index contributed by atoms with van der Waals surface area (Å²) in [6, 6.07) is 0.740. The van der Waals surface area contributed by atoms with Crippen molar-refractivity contribution >= 4 is 5.91 Å². The third kappa shape index (κ3) is 4.96. The minimum atomic E-state index is 0.0552. The van der Waals surface area contributed by atoms with Crippen LogP contribution in [-0.2, 0) is 4.79 Å². The van der Waals surface area contributed by atoms with Crippen LogP contribution in [0.2, 0.25) is 0 Å². The van der Waals surface area contributed by atoms with Gasteiger partial charge in [0, 0.05) is 31.1 Å². The van der Waals surface area contributed by atoms with Crippen LogP contribution in [-0.4, -0.2) is 49.6 Å². The van der Waals surface area contributed by atoms with Crippen LogP contribution in [0.5, 0.6) is 0 Å². The van der Waals surface area contributed by atoms with E-state index in [1.54, 1.807) is 0 Å². The first kappa shape index (κ1) is 16.8. The molecule has 0 aromatic heterocycles. The molecule has 0 aromatic rings. The largest absolute Gasteiger partial charge is 0.355 e. The van der Waals surface area contributed by atoms with E-state index < -0.39 is 0 Å². The fourth-order valence-corrected chi connectivity index (χ4v) is 4.01. The van der Waals surface area contributed by atoms with Crippen molar-refractivity contribution in [2.75, 3.05) is 27.2 Å². The van der Waals surface area contributed by atoms with Crippen molar-refractivity contribution in [1.82, 2.24) is 15.5 Å². The SMILES string of the molecule is CNC1(CC(=O)NCCN(C)C2CCCC2)CCCCC1. The van der Waals surface area contributed by atoms with Gasteiger partial charge >= 0.3 is 0 Å². The molecule has 2 rings (SSSR count). The van der Waals surface area contributed by atoms with E-state index in [1.807, 2.05) is 7.05 Å². The molecule has 21 heavy (non-hydrogen) atoms. The van der Waals surface area contributed by atoms with Gasteiger partial charge in [0.2, 0.25) is 5.91 Å². The molecular formula is C17H33N3O. The van der Waals surface area contributed by atoms with Crippen molar-refractivity contribution < 1.29 is 4.79 Å². The highest BCUT2D eigenvalue weighted by molar-refractivity contribution is 5.77. The Morgan fingerprint density at radius 3 is 2.43 bits per heavy atom. The molecular weight excluding hydrogens is 262 g/mol. The van der Waals surface area contributed by atoms with Crippen LogP contribution in [0, 0.1) is 0 Å². The highest BCUT2D eigenvalue weighted by Gasteiger charge is 2.32. The number of carbonyl (C=O) groups is 1. The highest BCUT2D eigenvalue weighted by atomic mass is 16.1. The highest BCUT2D eigenvalue weighted by Crippen LogP contribution is 2.30. The van der Waals surface area contributed by atoms with Gasteiger partial charge in [0.1, 0.15) is 0 Å². The third-order valence-electron chi connectivity index (χ3n) is 5.57. The summed E-state index contributed by atoms with van der Waals surface area (Å²) in [7, 11) is 4.20. The zero-order chi connectivity index (χ0) is 15.1. The van der Waals surface area contributed by atoms with E-state index in [1.165, 1.54) is 44.9 Å². The Hall–Kier alpha value is -0.610. The summed E-state index contributed by atoms with van der Waals surface area (Å²) < 4.78 is 0. The summed E-state index contributed by atoms with van der Waals surface area (Å²) >= 11 is 0. The quantitative estimate of drug-likeness (QED) is 0.757. The number of amides is 1. The number of nitrogens with one attached hydrogen (secondary N) is 2. The van der Waals surface area contributed by atoms with Crippen LogP contribution >= 0.6 is 0 Å². The van der Waals surface area contributed by atoms with Gasteiger partial charge in [0.15, 0.2) is 0 Å². The number of likely N-dealkylation sites (N-methyl/N-ethyl adjacent to an activating group) is 1. The van der Waals surface area contributed by atoms with Crippen LogP contribution < -0.4 is 10.6 Å². The predicted molar refractivity (Wildman–Crippen MR) is 87.4 cm³/mol. The zero-order valence-electron chi connectivity index (χ0n) is 13.9. The maximum absolute atomic E-state index is 12.2. The lowest BCUT2D eigenvalue weighted by molar-refractivity contribution is -0.122. The Balaban J connectivity index is 1.66. The van der Waals surface area contributed by atoms with E-state index in [0.717, 1.165) is 32.0 Å². The molecule has 4 nitrogen and oxygen atoms in total. The monoisotopic (exact) mass is 295 g/mol. The molecule has 2 saturated carbocycles. The summed E-state index contributed by atoms with van der Waals surface area (Å²) in [5, 5.41) is 6.54. The number of nitrogens with zero attached hydrogens (tertiary/aromatic N) is 1. The molecule has 0 atom stereocenters. The van der Waals surface area contributed by atoms with Crippen LogP contribution in [0.1, 0.15) is 64.2 Å². The maximum atomic E-state index is 12.2. The molecule has 2 N–H and O–H groups in total. The predicted octanol–water partition coefficient (Wildman–Crippen LogP) is 2.29. The Labute approximate surface area is 130 Å². The van der Waals surface area contributed by atoms with E-state index in [2.05, 4.69) is 22.6 Å². The first-order valence-electron chi connectivity index (χ1n) is 8.81. The van der Waals surface area contributed by atoms with Gasteiger partial charge in [-0.25, -0.2) is 0 Å². The first-order valence-corrected chi connectivity index (χ1v) is 8.81. The molecule has 2 aliphatic rings. The summed E-state index contributed by atoms with van der Waals surface area (Å²) in [6.07, 6.45) is 12.1. The van der Waals surface area contributed by atoms with Gasteiger partial charge in [0.05, 0.1) is 0 Å². The summed E-state index contributed by atoms with van der Waals surface area (Å²) in [5.41, 5.74) is 0.0552. The first-order chi connectivity index (χ1) is 10.2. The van der Waals surface area contributed by atoms with Crippen LogP contribution in [0.25, 0.3) is 0 Å². The van der Waals surface area contributed by atoms with E-state index >= 15 is 0 Å². The van der Waals surface area contributed by atoms with Crippen molar-refractivity contribution in [2.24, 2.45) is 0 Å². The van der Waals surface area contributed by atoms with Crippen molar-refractivity contribution in [3.05, 3.63) is 0 Å². The summed E-state index contributed by atoms with van der Waals surface area (Å²) in [4.78, 5) is 14.6. The van der Waals surface area contributed by atoms with Crippen LogP contribution in [0.15, 0.2) is 0 Å². The Morgan fingerprint density at radius 2 is 1.81 bits per heavy atom. The minimum absolute atomic E-state index is 0.0552. The molecule has 0 unspecified atom stereocenters. The van der Waals surface area contributed by atoms with Crippen molar-refractivity contribution in [1.29, 1.82) is 0 Å². The lowest BCUT2D eigenvalue weighted by atomic mass is 9.79. The minimum Gasteiger partial charge on any atom is -0.355 e. The second-order valence-corrected chi connectivity index (χ2v) is 7.04. The number of hydrogen-bond acceptors (Lipinski definition) is 3. The molecule has 2 fully saturated rings. The topological polar surface area (TPSA) is 44.4 Å². The number of carbonyl (C=O) groups excluding carboxylic acids is 1. The summed E-state index contributed by atoms with van der Waals surface area (Å²) in [6.45, 7) is 1.76. The van der Waals surface area contributed by atoms with Gasteiger partial charge in [-0.2, -0.15) is 0 Å². The van der Waals surface area contributed by atoms with E-state index in [9.17, 15) is 4.79 Å². The molecule has 0 bridgehead atoms.